The van der Waals surface area contributed by atoms with E-state index in [1.54, 1.807) is 0 Å². The SMILES string of the molecule is [CH](CCC1CCCCC1)c1cccc2ccccc12. The summed E-state index contributed by atoms with van der Waals surface area (Å²) < 4.78 is 0. The van der Waals surface area contributed by atoms with Gasteiger partial charge >= 0.3 is 0 Å². The summed E-state index contributed by atoms with van der Waals surface area (Å²) in [5, 5.41) is 2.75. The first-order valence-corrected chi connectivity index (χ1v) is 7.74. The van der Waals surface area contributed by atoms with Gasteiger partial charge in [0.2, 0.25) is 0 Å². The van der Waals surface area contributed by atoms with Crippen LogP contribution in [0.25, 0.3) is 10.8 Å². The highest BCUT2D eigenvalue weighted by Crippen LogP contribution is 2.29. The molecule has 1 aliphatic rings. The average Bonchev–Trinajstić information content (AvgIpc) is 2.49. The molecule has 0 heteroatoms. The van der Waals surface area contributed by atoms with E-state index in [2.05, 4.69) is 48.9 Å². The van der Waals surface area contributed by atoms with E-state index in [-0.39, 0.29) is 0 Å². The van der Waals surface area contributed by atoms with Gasteiger partial charge in [-0.15, -0.1) is 0 Å². The Morgan fingerprint density at radius 2 is 1.68 bits per heavy atom. The second-order valence-corrected chi connectivity index (χ2v) is 5.85. The standard InChI is InChI=1S/C19H23/c1-2-8-16(9-3-1)10-6-12-18-14-7-13-17-11-4-5-15-19(17)18/h4-5,7,11-16H,1-3,6,8-10H2. The number of hydrogen-bond donors (Lipinski definition) is 0. The molecule has 1 radical (unpaired) electrons. The first-order valence-electron chi connectivity index (χ1n) is 7.74. The molecule has 2 aromatic carbocycles. The summed E-state index contributed by atoms with van der Waals surface area (Å²) in [4.78, 5) is 0. The molecular weight excluding hydrogens is 228 g/mol. The van der Waals surface area contributed by atoms with Crippen molar-refractivity contribution in [3.05, 3.63) is 54.4 Å². The Labute approximate surface area is 116 Å². The van der Waals surface area contributed by atoms with Crippen LogP contribution in [0, 0.1) is 12.3 Å². The fourth-order valence-electron chi connectivity index (χ4n) is 3.38. The molecule has 0 nitrogen and oxygen atoms in total. The van der Waals surface area contributed by atoms with Crippen LogP contribution >= 0.6 is 0 Å². The smallest absolute Gasteiger partial charge is 0.00866 e. The fraction of sp³-hybridized carbons (Fsp3) is 0.421. The van der Waals surface area contributed by atoms with Gasteiger partial charge in [0.15, 0.2) is 0 Å². The molecule has 0 aromatic heterocycles. The molecule has 1 saturated carbocycles. The van der Waals surface area contributed by atoms with Gasteiger partial charge in [0.1, 0.15) is 0 Å². The van der Waals surface area contributed by atoms with Crippen molar-refractivity contribution in [2.75, 3.05) is 0 Å². The van der Waals surface area contributed by atoms with Crippen molar-refractivity contribution in [3.63, 3.8) is 0 Å². The quantitative estimate of drug-likeness (QED) is 0.648. The van der Waals surface area contributed by atoms with Gasteiger partial charge in [-0.1, -0.05) is 74.6 Å². The normalized spacial score (nSPS) is 16.8. The van der Waals surface area contributed by atoms with Crippen molar-refractivity contribution in [2.45, 2.75) is 44.9 Å². The summed E-state index contributed by atoms with van der Waals surface area (Å²) in [5.41, 5.74) is 1.41. The molecule has 0 spiro atoms. The largest absolute Gasteiger partial charge is 0.0616 e. The summed E-state index contributed by atoms with van der Waals surface area (Å²) in [6.07, 6.45) is 12.4. The molecule has 1 aliphatic carbocycles. The van der Waals surface area contributed by atoms with E-state index in [9.17, 15) is 0 Å². The van der Waals surface area contributed by atoms with Gasteiger partial charge < -0.3 is 0 Å². The van der Waals surface area contributed by atoms with Crippen LogP contribution in [-0.4, -0.2) is 0 Å². The van der Waals surface area contributed by atoms with Crippen molar-refractivity contribution in [1.82, 2.24) is 0 Å². The van der Waals surface area contributed by atoms with Crippen molar-refractivity contribution < 1.29 is 0 Å². The predicted octanol–water partition coefficient (Wildman–Crippen LogP) is 5.75. The molecule has 0 heterocycles. The Hall–Kier alpha value is -1.30. The Morgan fingerprint density at radius 3 is 2.58 bits per heavy atom. The van der Waals surface area contributed by atoms with E-state index < -0.39 is 0 Å². The fourth-order valence-corrected chi connectivity index (χ4v) is 3.38. The third-order valence-corrected chi connectivity index (χ3v) is 4.49. The highest BCUT2D eigenvalue weighted by atomic mass is 14.2. The molecule has 2 aromatic rings. The molecule has 19 heavy (non-hydrogen) atoms. The van der Waals surface area contributed by atoms with Gasteiger partial charge in [0.05, 0.1) is 0 Å². The predicted molar refractivity (Wildman–Crippen MR) is 83.2 cm³/mol. The van der Waals surface area contributed by atoms with Crippen molar-refractivity contribution in [3.8, 4) is 0 Å². The lowest BCUT2D eigenvalue weighted by molar-refractivity contribution is 0.339. The average molecular weight is 251 g/mol. The molecule has 0 saturated heterocycles. The minimum absolute atomic E-state index is 0.986. The van der Waals surface area contributed by atoms with E-state index in [0.29, 0.717) is 0 Å². The Morgan fingerprint density at radius 1 is 0.895 bits per heavy atom. The van der Waals surface area contributed by atoms with Gasteiger partial charge in [-0.2, -0.15) is 0 Å². The van der Waals surface area contributed by atoms with Crippen LogP contribution in [0.5, 0.6) is 0 Å². The topological polar surface area (TPSA) is 0 Å². The molecule has 0 bridgehead atoms. The first kappa shape index (κ1) is 12.7. The maximum Gasteiger partial charge on any atom is -0.00866 e. The zero-order valence-electron chi connectivity index (χ0n) is 11.6. The van der Waals surface area contributed by atoms with Gasteiger partial charge in [-0.05, 0) is 41.5 Å². The summed E-state index contributed by atoms with van der Waals surface area (Å²) in [6.45, 7) is 0. The van der Waals surface area contributed by atoms with Crippen LogP contribution in [0.2, 0.25) is 0 Å². The Balaban J connectivity index is 1.62. The van der Waals surface area contributed by atoms with Gasteiger partial charge in [0.25, 0.3) is 0 Å². The highest BCUT2D eigenvalue weighted by Gasteiger charge is 2.13. The lowest BCUT2D eigenvalue weighted by atomic mass is 9.85. The van der Waals surface area contributed by atoms with Crippen LogP contribution in [0.15, 0.2) is 42.5 Å². The maximum atomic E-state index is 2.44. The summed E-state index contributed by atoms with van der Waals surface area (Å²) in [7, 11) is 0. The van der Waals surface area contributed by atoms with E-state index in [1.165, 1.54) is 61.3 Å². The zero-order valence-corrected chi connectivity index (χ0v) is 11.6. The van der Waals surface area contributed by atoms with Crippen molar-refractivity contribution in [1.29, 1.82) is 0 Å². The molecule has 1 fully saturated rings. The minimum Gasteiger partial charge on any atom is -0.0616 e. The molecule has 3 rings (SSSR count). The van der Waals surface area contributed by atoms with Crippen LogP contribution < -0.4 is 0 Å². The molecule has 0 unspecified atom stereocenters. The Bertz CT molecular complexity index is 515. The number of benzene rings is 2. The lowest BCUT2D eigenvalue weighted by Crippen LogP contribution is -2.06. The van der Waals surface area contributed by atoms with E-state index >= 15 is 0 Å². The second-order valence-electron chi connectivity index (χ2n) is 5.85. The molecule has 99 valence electrons. The maximum absolute atomic E-state index is 2.44. The van der Waals surface area contributed by atoms with Gasteiger partial charge in [-0.3, -0.25) is 0 Å². The second kappa shape index (κ2) is 6.23. The van der Waals surface area contributed by atoms with Crippen molar-refractivity contribution >= 4 is 10.8 Å². The molecular formula is C19H23. The number of rotatable bonds is 4. The minimum atomic E-state index is 0.986. The van der Waals surface area contributed by atoms with Crippen LogP contribution in [0.4, 0.5) is 0 Å². The highest BCUT2D eigenvalue weighted by molar-refractivity contribution is 5.86. The summed E-state index contributed by atoms with van der Waals surface area (Å²) in [5.74, 6) is 0.986. The third-order valence-electron chi connectivity index (χ3n) is 4.49. The monoisotopic (exact) mass is 251 g/mol. The lowest BCUT2D eigenvalue weighted by Gasteiger charge is -2.21. The Kier molecular flexibility index (Phi) is 4.17. The number of hydrogen-bond acceptors (Lipinski definition) is 0. The van der Waals surface area contributed by atoms with Crippen molar-refractivity contribution in [2.24, 2.45) is 5.92 Å². The number of fused-ring (bicyclic) bond motifs is 1. The molecule has 0 atom stereocenters. The zero-order chi connectivity index (χ0) is 12.9. The van der Waals surface area contributed by atoms with Crippen LogP contribution in [-0.2, 0) is 0 Å². The molecule has 0 N–H and O–H groups in total. The first-order chi connectivity index (χ1) is 9.43. The molecule has 0 amide bonds. The van der Waals surface area contributed by atoms with Gasteiger partial charge in [0, 0.05) is 0 Å². The van der Waals surface area contributed by atoms with E-state index in [0.717, 1.165) is 5.92 Å². The van der Waals surface area contributed by atoms with Gasteiger partial charge in [-0.25, -0.2) is 0 Å². The third kappa shape index (κ3) is 3.18. The molecule has 0 aliphatic heterocycles. The van der Waals surface area contributed by atoms with Crippen LogP contribution in [0.3, 0.4) is 0 Å². The van der Waals surface area contributed by atoms with E-state index in [4.69, 9.17) is 0 Å². The van der Waals surface area contributed by atoms with E-state index in [1.807, 2.05) is 0 Å². The summed E-state index contributed by atoms with van der Waals surface area (Å²) in [6, 6.07) is 15.3. The summed E-state index contributed by atoms with van der Waals surface area (Å²) >= 11 is 0. The van der Waals surface area contributed by atoms with Crippen LogP contribution in [0.1, 0.15) is 50.5 Å².